The molecule has 2 heterocycles. The summed E-state index contributed by atoms with van der Waals surface area (Å²) in [5, 5.41) is 0. The van der Waals surface area contributed by atoms with Crippen molar-refractivity contribution in [2.45, 2.75) is 13.3 Å². The van der Waals surface area contributed by atoms with E-state index in [2.05, 4.69) is 6.07 Å². The normalized spacial score (nSPS) is 15.4. The van der Waals surface area contributed by atoms with E-state index >= 15 is 0 Å². The predicted octanol–water partition coefficient (Wildman–Crippen LogP) is 4.36. The topological polar surface area (TPSA) is 59.1 Å². The SMILES string of the molecule is COc1ccc(C2=C(N3CCc4ccccc43)C(=O)N(c3ccccc3C)C2=O)cc1OC. The fourth-order valence-corrected chi connectivity index (χ4v) is 4.62. The first kappa shape index (κ1) is 20.8. The summed E-state index contributed by atoms with van der Waals surface area (Å²) >= 11 is 0. The van der Waals surface area contributed by atoms with Crippen LogP contribution in [0.3, 0.4) is 0 Å². The van der Waals surface area contributed by atoms with Crippen LogP contribution in [0.2, 0.25) is 0 Å². The van der Waals surface area contributed by atoms with E-state index in [4.69, 9.17) is 9.47 Å². The molecule has 33 heavy (non-hydrogen) atoms. The third-order valence-electron chi connectivity index (χ3n) is 6.25. The molecule has 2 aliphatic heterocycles. The average Bonchev–Trinajstić information content (AvgIpc) is 3.37. The number of imide groups is 1. The van der Waals surface area contributed by atoms with Crippen molar-refractivity contribution in [3.05, 3.63) is 89.1 Å². The van der Waals surface area contributed by atoms with Crippen molar-refractivity contribution in [1.29, 1.82) is 0 Å². The molecule has 0 N–H and O–H groups in total. The highest BCUT2D eigenvalue weighted by Crippen LogP contribution is 2.42. The van der Waals surface area contributed by atoms with Crippen LogP contribution in [0.25, 0.3) is 5.57 Å². The first-order chi connectivity index (χ1) is 16.0. The molecule has 3 aromatic carbocycles. The molecule has 0 saturated carbocycles. The number of hydrogen-bond donors (Lipinski definition) is 0. The van der Waals surface area contributed by atoms with Crippen LogP contribution in [0, 0.1) is 6.92 Å². The van der Waals surface area contributed by atoms with Crippen molar-refractivity contribution in [1.82, 2.24) is 0 Å². The number of rotatable bonds is 5. The summed E-state index contributed by atoms with van der Waals surface area (Å²) in [6, 6.07) is 20.7. The van der Waals surface area contributed by atoms with Gasteiger partial charge in [0.1, 0.15) is 5.70 Å². The molecule has 0 atom stereocenters. The molecule has 0 unspecified atom stereocenters. The largest absolute Gasteiger partial charge is 0.493 e. The number of amides is 2. The zero-order chi connectivity index (χ0) is 23.1. The van der Waals surface area contributed by atoms with Gasteiger partial charge in [-0.05, 0) is 54.3 Å². The Hall–Kier alpha value is -4.06. The minimum Gasteiger partial charge on any atom is -0.493 e. The van der Waals surface area contributed by atoms with Crippen molar-refractivity contribution in [2.24, 2.45) is 0 Å². The van der Waals surface area contributed by atoms with Crippen LogP contribution in [0.4, 0.5) is 11.4 Å². The first-order valence-corrected chi connectivity index (χ1v) is 10.8. The highest BCUT2D eigenvalue weighted by Gasteiger charge is 2.44. The summed E-state index contributed by atoms with van der Waals surface area (Å²) in [6.07, 6.45) is 0.810. The van der Waals surface area contributed by atoms with Gasteiger partial charge in [0.2, 0.25) is 0 Å². The Morgan fingerprint density at radius 1 is 0.788 bits per heavy atom. The van der Waals surface area contributed by atoms with Gasteiger partial charge >= 0.3 is 0 Å². The van der Waals surface area contributed by atoms with Crippen LogP contribution in [-0.4, -0.2) is 32.6 Å². The van der Waals surface area contributed by atoms with Gasteiger partial charge in [-0.25, -0.2) is 4.90 Å². The number of aryl methyl sites for hydroxylation is 1. The number of carbonyl (C=O) groups is 2. The number of benzene rings is 3. The smallest absolute Gasteiger partial charge is 0.282 e. The molecule has 6 nitrogen and oxygen atoms in total. The third kappa shape index (κ3) is 3.26. The summed E-state index contributed by atoms with van der Waals surface area (Å²) in [5.74, 6) is 0.386. The summed E-state index contributed by atoms with van der Waals surface area (Å²) < 4.78 is 10.8. The molecule has 0 bridgehead atoms. The summed E-state index contributed by atoms with van der Waals surface area (Å²) in [5.41, 5.74) is 4.93. The molecule has 0 spiro atoms. The molecule has 2 aliphatic rings. The van der Waals surface area contributed by atoms with Crippen LogP contribution in [0.5, 0.6) is 11.5 Å². The lowest BCUT2D eigenvalue weighted by Crippen LogP contribution is -2.35. The van der Waals surface area contributed by atoms with Gasteiger partial charge in [-0.1, -0.05) is 42.5 Å². The quantitative estimate of drug-likeness (QED) is 0.552. The number of hydrogen-bond acceptors (Lipinski definition) is 5. The second-order valence-corrected chi connectivity index (χ2v) is 8.06. The molecule has 3 aromatic rings. The van der Waals surface area contributed by atoms with E-state index in [1.807, 2.05) is 48.2 Å². The molecule has 166 valence electrons. The van der Waals surface area contributed by atoms with Gasteiger partial charge in [0.25, 0.3) is 11.8 Å². The summed E-state index contributed by atoms with van der Waals surface area (Å²) in [4.78, 5) is 31.0. The lowest BCUT2D eigenvalue weighted by molar-refractivity contribution is -0.120. The van der Waals surface area contributed by atoms with Crippen molar-refractivity contribution >= 4 is 28.8 Å². The lowest BCUT2D eigenvalue weighted by Gasteiger charge is -2.22. The fraction of sp³-hybridized carbons (Fsp3) is 0.185. The number of anilines is 2. The van der Waals surface area contributed by atoms with Gasteiger partial charge in [-0.15, -0.1) is 0 Å². The molecule has 2 amide bonds. The van der Waals surface area contributed by atoms with Crippen LogP contribution in [0.1, 0.15) is 16.7 Å². The van der Waals surface area contributed by atoms with Gasteiger partial charge in [0.15, 0.2) is 11.5 Å². The third-order valence-corrected chi connectivity index (χ3v) is 6.25. The van der Waals surface area contributed by atoms with E-state index in [0.29, 0.717) is 40.6 Å². The van der Waals surface area contributed by atoms with Crippen LogP contribution in [-0.2, 0) is 16.0 Å². The second kappa shape index (κ2) is 8.13. The molecule has 5 rings (SSSR count). The molecule has 0 aromatic heterocycles. The Morgan fingerprint density at radius 2 is 1.48 bits per heavy atom. The molecule has 6 heteroatoms. The van der Waals surface area contributed by atoms with E-state index in [-0.39, 0.29) is 11.8 Å². The number of fused-ring (bicyclic) bond motifs is 1. The minimum absolute atomic E-state index is 0.323. The fourth-order valence-electron chi connectivity index (χ4n) is 4.62. The predicted molar refractivity (Wildman–Crippen MR) is 128 cm³/mol. The maximum absolute atomic E-state index is 13.9. The van der Waals surface area contributed by atoms with E-state index in [1.54, 1.807) is 38.5 Å². The Balaban J connectivity index is 1.72. The second-order valence-electron chi connectivity index (χ2n) is 8.06. The molecular formula is C27H24N2O4. The minimum atomic E-state index is -0.346. The maximum Gasteiger partial charge on any atom is 0.282 e. The Bertz CT molecular complexity index is 1310. The highest BCUT2D eigenvalue weighted by atomic mass is 16.5. The van der Waals surface area contributed by atoms with Gasteiger partial charge in [0.05, 0.1) is 25.5 Å². The van der Waals surface area contributed by atoms with E-state index in [0.717, 1.165) is 23.2 Å². The number of carbonyl (C=O) groups excluding carboxylic acids is 2. The van der Waals surface area contributed by atoms with Crippen molar-refractivity contribution < 1.29 is 19.1 Å². The van der Waals surface area contributed by atoms with E-state index in [1.165, 1.54) is 4.90 Å². The van der Waals surface area contributed by atoms with Crippen LogP contribution >= 0.6 is 0 Å². The highest BCUT2D eigenvalue weighted by molar-refractivity contribution is 6.46. The standard InChI is InChI=1S/C27H24N2O4/c1-17-8-4-6-10-20(17)29-26(30)24(19-12-13-22(32-2)23(16-19)33-3)25(27(29)31)28-15-14-18-9-5-7-11-21(18)28/h4-13,16H,14-15H2,1-3H3. The van der Waals surface area contributed by atoms with Gasteiger partial charge in [0, 0.05) is 12.2 Å². The van der Waals surface area contributed by atoms with Crippen molar-refractivity contribution in [2.75, 3.05) is 30.6 Å². The maximum atomic E-state index is 13.9. The Kier molecular flexibility index (Phi) is 5.13. The number of ether oxygens (including phenoxy) is 2. The Morgan fingerprint density at radius 3 is 2.21 bits per heavy atom. The van der Waals surface area contributed by atoms with E-state index in [9.17, 15) is 9.59 Å². The molecule has 0 aliphatic carbocycles. The molecular weight excluding hydrogens is 416 g/mol. The van der Waals surface area contributed by atoms with Gasteiger partial charge in [-0.3, -0.25) is 9.59 Å². The summed E-state index contributed by atoms with van der Waals surface area (Å²) in [7, 11) is 3.11. The molecule has 0 fully saturated rings. The molecule has 0 saturated heterocycles. The Labute approximate surface area is 192 Å². The number of nitrogens with zero attached hydrogens (tertiary/aromatic N) is 2. The van der Waals surface area contributed by atoms with Crippen molar-refractivity contribution in [3.63, 3.8) is 0 Å². The number of methoxy groups -OCH3 is 2. The molecule has 0 radical (unpaired) electrons. The average molecular weight is 440 g/mol. The first-order valence-electron chi connectivity index (χ1n) is 10.8. The zero-order valence-corrected chi connectivity index (χ0v) is 18.8. The van der Waals surface area contributed by atoms with Crippen molar-refractivity contribution in [3.8, 4) is 11.5 Å². The zero-order valence-electron chi connectivity index (χ0n) is 18.8. The van der Waals surface area contributed by atoms with E-state index < -0.39 is 0 Å². The number of para-hydroxylation sites is 2. The van der Waals surface area contributed by atoms with Gasteiger partial charge < -0.3 is 14.4 Å². The lowest BCUT2D eigenvalue weighted by atomic mass is 10.0. The van der Waals surface area contributed by atoms with Gasteiger partial charge in [-0.2, -0.15) is 0 Å². The van der Waals surface area contributed by atoms with Crippen LogP contribution in [0.15, 0.2) is 72.4 Å². The summed E-state index contributed by atoms with van der Waals surface area (Å²) in [6.45, 7) is 2.53. The monoisotopic (exact) mass is 440 g/mol. The van der Waals surface area contributed by atoms with Crippen LogP contribution < -0.4 is 19.3 Å².